The zero-order chi connectivity index (χ0) is 25.7. The molecule has 0 saturated heterocycles. The molecule has 10 heteroatoms. The van der Waals surface area contributed by atoms with Crippen LogP contribution in [-0.2, 0) is 20.0 Å². The summed E-state index contributed by atoms with van der Waals surface area (Å²) in [5.74, 6) is 0.205. The summed E-state index contributed by atoms with van der Waals surface area (Å²) in [7, 11) is -6.97. The second kappa shape index (κ2) is 14.0. The van der Waals surface area contributed by atoms with Gasteiger partial charge in [-0.15, -0.1) is 13.2 Å². The van der Waals surface area contributed by atoms with E-state index in [1.165, 1.54) is 33.1 Å². The number of hydrogen-bond donors (Lipinski definition) is 0. The zero-order valence-corrected chi connectivity index (χ0v) is 21.7. The molecule has 0 aromatic carbocycles. The molecule has 190 valence electrons. The van der Waals surface area contributed by atoms with Gasteiger partial charge in [0.15, 0.2) is 10.1 Å². The highest BCUT2D eigenvalue weighted by molar-refractivity contribution is 7.89. The number of nitrogens with zero attached hydrogens (tertiary/aromatic N) is 4. The Labute approximate surface area is 209 Å². The SMILES string of the molecule is C=CCC(C)CN(CC=C)S(=O)(=O)c1ccccn1.O=S(=O)(c1ccccn1)N1CC=CCCC1. The molecule has 0 fully saturated rings. The molecule has 0 spiro atoms. The fraction of sp³-hybridized carbons (Fsp3) is 0.360. The Kier molecular flexibility index (Phi) is 11.5. The third kappa shape index (κ3) is 8.50. The summed E-state index contributed by atoms with van der Waals surface area (Å²) in [6.07, 6.45) is 12.8. The van der Waals surface area contributed by atoms with Crippen LogP contribution in [-0.4, -0.2) is 61.6 Å². The van der Waals surface area contributed by atoms with Crippen molar-refractivity contribution < 1.29 is 16.8 Å². The Hall–Kier alpha value is -2.66. The highest BCUT2D eigenvalue weighted by atomic mass is 32.2. The van der Waals surface area contributed by atoms with Crippen LogP contribution < -0.4 is 0 Å². The van der Waals surface area contributed by atoms with Crippen LogP contribution in [0.2, 0.25) is 0 Å². The van der Waals surface area contributed by atoms with Crippen LogP contribution in [0.5, 0.6) is 0 Å². The first kappa shape index (κ1) is 28.6. The second-order valence-corrected chi connectivity index (χ2v) is 11.8. The van der Waals surface area contributed by atoms with Crippen molar-refractivity contribution in [2.24, 2.45) is 5.92 Å². The average molecular weight is 519 g/mol. The van der Waals surface area contributed by atoms with Gasteiger partial charge in [-0.1, -0.05) is 43.4 Å². The van der Waals surface area contributed by atoms with Crippen molar-refractivity contribution >= 4 is 20.0 Å². The van der Waals surface area contributed by atoms with Crippen LogP contribution in [0.15, 0.2) is 96.3 Å². The molecule has 0 N–H and O–H groups in total. The summed E-state index contributed by atoms with van der Waals surface area (Å²) in [5.41, 5.74) is 0. The summed E-state index contributed by atoms with van der Waals surface area (Å²) >= 11 is 0. The van der Waals surface area contributed by atoms with Crippen LogP contribution in [0.4, 0.5) is 0 Å². The van der Waals surface area contributed by atoms with Crippen molar-refractivity contribution in [1.29, 1.82) is 0 Å². The van der Waals surface area contributed by atoms with Crippen molar-refractivity contribution in [3.63, 3.8) is 0 Å². The predicted octanol–water partition coefficient (Wildman–Crippen LogP) is 3.89. The lowest BCUT2D eigenvalue weighted by Gasteiger charge is -2.23. The van der Waals surface area contributed by atoms with Crippen molar-refractivity contribution in [3.8, 4) is 0 Å². The largest absolute Gasteiger partial charge is 0.260 e. The van der Waals surface area contributed by atoms with E-state index >= 15 is 0 Å². The second-order valence-electron chi connectivity index (χ2n) is 8.05. The van der Waals surface area contributed by atoms with Crippen molar-refractivity contribution in [1.82, 2.24) is 18.6 Å². The van der Waals surface area contributed by atoms with E-state index in [0.717, 1.165) is 19.3 Å². The maximum absolute atomic E-state index is 12.5. The highest BCUT2D eigenvalue weighted by Gasteiger charge is 2.26. The Morgan fingerprint density at radius 3 is 2.23 bits per heavy atom. The lowest BCUT2D eigenvalue weighted by molar-refractivity contribution is 0.378. The van der Waals surface area contributed by atoms with E-state index in [1.807, 2.05) is 19.1 Å². The molecule has 0 radical (unpaired) electrons. The molecule has 8 nitrogen and oxygen atoms in total. The predicted molar refractivity (Wildman–Crippen MR) is 139 cm³/mol. The standard InChI is InChI=1S/C14H20N2O2S.C11H14N2O2S/c1-4-8-13(3)12-16(11-5-2)19(17,18)14-9-6-7-10-15-14;14-16(15,11-7-3-4-8-12-11)13-9-5-1-2-6-10-13/h4-7,9-10,13H,1-2,8,11-12H2,3H3;1,3-5,7-8H,2,6,9-10H2. The molecule has 35 heavy (non-hydrogen) atoms. The van der Waals surface area contributed by atoms with Gasteiger partial charge in [-0.3, -0.25) is 0 Å². The smallest absolute Gasteiger partial charge is 0.243 e. The van der Waals surface area contributed by atoms with Crippen LogP contribution in [0, 0.1) is 5.92 Å². The molecule has 1 aliphatic rings. The molecule has 1 atom stereocenters. The highest BCUT2D eigenvalue weighted by Crippen LogP contribution is 2.17. The molecule has 0 aliphatic carbocycles. The molecule has 2 aromatic heterocycles. The molecular weight excluding hydrogens is 484 g/mol. The van der Waals surface area contributed by atoms with E-state index in [-0.39, 0.29) is 22.5 Å². The lowest BCUT2D eigenvalue weighted by atomic mass is 10.1. The Bertz CT molecular complexity index is 1170. The zero-order valence-electron chi connectivity index (χ0n) is 20.1. The minimum absolute atomic E-state index is 0.0719. The fourth-order valence-corrected chi connectivity index (χ4v) is 6.21. The Morgan fingerprint density at radius 1 is 1.00 bits per heavy atom. The molecule has 0 bridgehead atoms. The minimum atomic E-state index is -3.56. The van der Waals surface area contributed by atoms with Gasteiger partial charge in [-0.25, -0.2) is 26.8 Å². The number of rotatable bonds is 10. The topological polar surface area (TPSA) is 101 Å². The van der Waals surface area contributed by atoms with Gasteiger partial charge in [0.05, 0.1) is 0 Å². The summed E-state index contributed by atoms with van der Waals surface area (Å²) in [6, 6.07) is 9.79. The third-order valence-electron chi connectivity index (χ3n) is 5.16. The molecule has 3 rings (SSSR count). The molecule has 0 saturated carbocycles. The van der Waals surface area contributed by atoms with Crippen LogP contribution in [0.3, 0.4) is 0 Å². The molecular formula is C25H34N4O4S2. The van der Waals surface area contributed by atoms with Crippen molar-refractivity contribution in [3.05, 3.63) is 86.3 Å². The summed E-state index contributed by atoms with van der Waals surface area (Å²) < 4.78 is 52.1. The minimum Gasteiger partial charge on any atom is -0.243 e. The van der Waals surface area contributed by atoms with Gasteiger partial charge in [0, 0.05) is 38.6 Å². The quantitative estimate of drug-likeness (QED) is 0.442. The van der Waals surface area contributed by atoms with E-state index in [0.29, 0.717) is 19.6 Å². The van der Waals surface area contributed by atoms with Gasteiger partial charge in [-0.05, 0) is 49.4 Å². The first-order chi connectivity index (χ1) is 16.7. The number of aromatic nitrogens is 2. The van der Waals surface area contributed by atoms with Crippen molar-refractivity contribution in [2.75, 3.05) is 26.2 Å². The lowest BCUT2D eigenvalue weighted by Crippen LogP contribution is -2.35. The van der Waals surface area contributed by atoms with E-state index < -0.39 is 20.0 Å². The maximum atomic E-state index is 12.5. The maximum Gasteiger partial charge on any atom is 0.260 e. The summed E-state index contributed by atoms with van der Waals surface area (Å²) in [6.45, 7) is 11.0. The number of hydrogen-bond acceptors (Lipinski definition) is 6. The van der Waals surface area contributed by atoms with Gasteiger partial charge in [0.2, 0.25) is 0 Å². The van der Waals surface area contributed by atoms with Crippen LogP contribution >= 0.6 is 0 Å². The molecule has 1 unspecified atom stereocenters. The Balaban J connectivity index is 0.000000250. The molecule has 1 aliphatic heterocycles. The van der Waals surface area contributed by atoms with E-state index in [1.54, 1.807) is 36.4 Å². The fourth-order valence-electron chi connectivity index (χ4n) is 3.39. The van der Waals surface area contributed by atoms with Gasteiger partial charge in [0.25, 0.3) is 20.0 Å². The van der Waals surface area contributed by atoms with Gasteiger partial charge in [-0.2, -0.15) is 8.61 Å². The van der Waals surface area contributed by atoms with Gasteiger partial charge >= 0.3 is 0 Å². The average Bonchev–Trinajstić information content (AvgIpc) is 3.16. The number of pyridine rings is 2. The summed E-state index contributed by atoms with van der Waals surface area (Å²) in [5, 5.41) is 0.202. The number of allylic oxidation sites excluding steroid dienone is 2. The molecule has 0 amide bonds. The third-order valence-corrected chi connectivity index (χ3v) is 8.68. The van der Waals surface area contributed by atoms with E-state index in [4.69, 9.17) is 0 Å². The number of sulfonamides is 2. The van der Waals surface area contributed by atoms with Gasteiger partial charge in [0.1, 0.15) is 0 Å². The summed E-state index contributed by atoms with van der Waals surface area (Å²) in [4.78, 5) is 7.83. The van der Waals surface area contributed by atoms with Gasteiger partial charge < -0.3 is 0 Å². The Morgan fingerprint density at radius 2 is 1.66 bits per heavy atom. The van der Waals surface area contributed by atoms with E-state index in [2.05, 4.69) is 23.1 Å². The molecule has 3 heterocycles. The van der Waals surface area contributed by atoms with Crippen LogP contribution in [0.25, 0.3) is 0 Å². The first-order valence-corrected chi connectivity index (χ1v) is 14.3. The normalized spacial score (nSPS) is 15.5. The van der Waals surface area contributed by atoms with E-state index in [9.17, 15) is 16.8 Å². The molecule has 2 aromatic rings. The monoisotopic (exact) mass is 518 g/mol. The van der Waals surface area contributed by atoms with Crippen LogP contribution in [0.1, 0.15) is 26.2 Å². The first-order valence-electron chi connectivity index (χ1n) is 11.4. The van der Waals surface area contributed by atoms with Crippen molar-refractivity contribution in [2.45, 2.75) is 36.2 Å².